The van der Waals surface area contributed by atoms with Crippen molar-refractivity contribution in [1.29, 1.82) is 0 Å². The minimum absolute atomic E-state index is 0.122. The molecule has 0 radical (unpaired) electrons. The van der Waals surface area contributed by atoms with Crippen molar-refractivity contribution in [2.75, 3.05) is 7.11 Å². The Labute approximate surface area is 180 Å². The number of rotatable bonds is 8. The second-order valence-electron chi connectivity index (χ2n) is 6.95. The van der Waals surface area contributed by atoms with E-state index in [9.17, 15) is 4.79 Å². The zero-order chi connectivity index (χ0) is 21.6. The van der Waals surface area contributed by atoms with E-state index in [1.165, 1.54) is 0 Å². The van der Waals surface area contributed by atoms with E-state index < -0.39 is 6.10 Å². The summed E-state index contributed by atoms with van der Waals surface area (Å²) in [6.07, 6.45) is -0.106. The number of benzene rings is 3. The lowest BCUT2D eigenvalue weighted by atomic mass is 10.1. The van der Waals surface area contributed by atoms with Crippen LogP contribution >= 0.6 is 0 Å². The summed E-state index contributed by atoms with van der Waals surface area (Å²) in [6, 6.07) is 21.1. The van der Waals surface area contributed by atoms with Crippen molar-refractivity contribution in [2.24, 2.45) is 0 Å². The minimum atomic E-state index is -0.630. The van der Waals surface area contributed by atoms with E-state index in [0.717, 1.165) is 22.1 Å². The predicted molar refractivity (Wildman–Crippen MR) is 117 cm³/mol. The first-order valence-corrected chi connectivity index (χ1v) is 10.1. The van der Waals surface area contributed by atoms with Crippen molar-refractivity contribution in [3.63, 3.8) is 0 Å². The number of nitrogens with one attached hydrogen (secondary N) is 1. The molecule has 1 heterocycles. The van der Waals surface area contributed by atoms with Gasteiger partial charge in [-0.2, -0.15) is 4.98 Å². The summed E-state index contributed by atoms with van der Waals surface area (Å²) in [7, 11) is 1.61. The van der Waals surface area contributed by atoms with Crippen LogP contribution in [0.5, 0.6) is 11.5 Å². The highest BCUT2D eigenvalue weighted by Gasteiger charge is 2.20. The lowest BCUT2D eigenvalue weighted by Crippen LogP contribution is -2.37. The summed E-state index contributed by atoms with van der Waals surface area (Å²) >= 11 is 0. The number of fused-ring (bicyclic) bond motifs is 1. The maximum absolute atomic E-state index is 12.7. The number of nitrogens with zero attached hydrogens (tertiary/aromatic N) is 2. The van der Waals surface area contributed by atoms with Gasteiger partial charge in [-0.25, -0.2) is 0 Å². The van der Waals surface area contributed by atoms with Gasteiger partial charge in [0.1, 0.15) is 11.5 Å². The summed E-state index contributed by atoms with van der Waals surface area (Å²) in [5.41, 5.74) is 0.799. The van der Waals surface area contributed by atoms with Gasteiger partial charge in [-0.15, -0.1) is 0 Å². The van der Waals surface area contributed by atoms with E-state index in [0.29, 0.717) is 23.9 Å². The van der Waals surface area contributed by atoms with Crippen molar-refractivity contribution in [1.82, 2.24) is 15.5 Å². The molecule has 1 N–H and O–H groups in total. The number of amides is 1. The van der Waals surface area contributed by atoms with E-state index in [2.05, 4.69) is 15.5 Å². The number of carbonyl (C=O) groups excluding carboxylic acids is 1. The topological polar surface area (TPSA) is 86.5 Å². The van der Waals surface area contributed by atoms with Crippen LogP contribution in [0, 0.1) is 0 Å². The Hall–Kier alpha value is -3.87. The Balaban J connectivity index is 1.39. The lowest BCUT2D eigenvalue weighted by molar-refractivity contribution is -0.128. The van der Waals surface area contributed by atoms with E-state index in [4.69, 9.17) is 14.0 Å². The van der Waals surface area contributed by atoms with Gasteiger partial charge in [-0.1, -0.05) is 48.5 Å². The minimum Gasteiger partial charge on any atom is -0.497 e. The summed E-state index contributed by atoms with van der Waals surface area (Å²) in [5, 5.41) is 8.83. The Kier molecular flexibility index (Phi) is 6.12. The molecule has 7 nitrogen and oxygen atoms in total. The number of carbonyl (C=O) groups is 1. The van der Waals surface area contributed by atoms with Crippen LogP contribution in [0.15, 0.2) is 71.3 Å². The normalized spacial score (nSPS) is 11.8. The molecule has 1 unspecified atom stereocenters. The zero-order valence-electron chi connectivity index (χ0n) is 17.4. The maximum Gasteiger partial charge on any atom is 0.261 e. The molecule has 31 heavy (non-hydrogen) atoms. The number of aromatic nitrogens is 2. The van der Waals surface area contributed by atoms with E-state index in [-0.39, 0.29) is 12.5 Å². The van der Waals surface area contributed by atoms with Crippen LogP contribution in [0.3, 0.4) is 0 Å². The van der Waals surface area contributed by atoms with Crippen LogP contribution < -0.4 is 14.8 Å². The van der Waals surface area contributed by atoms with Crippen molar-refractivity contribution < 1.29 is 18.8 Å². The van der Waals surface area contributed by atoms with Gasteiger partial charge in [0.25, 0.3) is 5.91 Å². The summed E-state index contributed by atoms with van der Waals surface area (Å²) in [5.74, 6) is 1.96. The Morgan fingerprint density at radius 3 is 2.61 bits per heavy atom. The highest BCUT2D eigenvalue weighted by Crippen LogP contribution is 2.26. The van der Waals surface area contributed by atoms with Crippen molar-refractivity contribution in [2.45, 2.75) is 26.0 Å². The third kappa shape index (κ3) is 4.66. The largest absolute Gasteiger partial charge is 0.497 e. The van der Waals surface area contributed by atoms with Crippen LogP contribution in [0.1, 0.15) is 19.2 Å². The van der Waals surface area contributed by atoms with Crippen LogP contribution in [-0.4, -0.2) is 29.3 Å². The van der Waals surface area contributed by atoms with Gasteiger partial charge >= 0.3 is 0 Å². The van der Waals surface area contributed by atoms with Crippen molar-refractivity contribution in [3.05, 3.63) is 72.6 Å². The molecule has 0 spiro atoms. The summed E-state index contributed by atoms with van der Waals surface area (Å²) in [6.45, 7) is 2.03. The molecule has 3 aromatic carbocycles. The Bertz CT molecular complexity index is 1170. The fourth-order valence-corrected chi connectivity index (χ4v) is 3.23. The summed E-state index contributed by atoms with van der Waals surface area (Å²) < 4.78 is 16.5. The standard InChI is InChI=1S/C24H23N3O4/c1-3-20(30-21-10-6-8-16-7-4-5-9-19(16)21)24(28)25-15-22-26-23(27-31-22)17-11-13-18(29-2)14-12-17/h4-14,20H,3,15H2,1-2H3,(H,25,28). The van der Waals surface area contributed by atoms with Crippen molar-refractivity contribution in [3.8, 4) is 22.9 Å². The first-order valence-electron chi connectivity index (χ1n) is 10.1. The molecular weight excluding hydrogens is 394 g/mol. The molecule has 0 aliphatic carbocycles. The molecule has 0 saturated carbocycles. The van der Waals surface area contributed by atoms with Gasteiger partial charge in [-0.05, 0) is 42.1 Å². The van der Waals surface area contributed by atoms with Crippen LogP contribution in [0.2, 0.25) is 0 Å². The third-order valence-corrected chi connectivity index (χ3v) is 4.91. The Morgan fingerprint density at radius 2 is 1.84 bits per heavy atom. The van der Waals surface area contributed by atoms with Gasteiger partial charge < -0.3 is 19.3 Å². The van der Waals surface area contributed by atoms with E-state index >= 15 is 0 Å². The molecule has 4 aromatic rings. The molecule has 1 atom stereocenters. The molecule has 158 valence electrons. The number of hydrogen-bond acceptors (Lipinski definition) is 6. The average molecular weight is 417 g/mol. The fourth-order valence-electron chi connectivity index (χ4n) is 3.23. The molecule has 0 aliphatic heterocycles. The molecule has 0 bridgehead atoms. The van der Waals surface area contributed by atoms with Crippen molar-refractivity contribution >= 4 is 16.7 Å². The first kappa shape index (κ1) is 20.4. The highest BCUT2D eigenvalue weighted by atomic mass is 16.5. The molecule has 4 rings (SSSR count). The number of ether oxygens (including phenoxy) is 2. The quantitative estimate of drug-likeness (QED) is 0.458. The SMILES string of the molecule is CCC(Oc1cccc2ccccc12)C(=O)NCc1nc(-c2ccc(OC)cc2)no1. The van der Waals surface area contributed by atoms with Crippen LogP contribution in [0.25, 0.3) is 22.2 Å². The number of hydrogen-bond donors (Lipinski definition) is 1. The molecule has 1 aromatic heterocycles. The van der Waals surface area contributed by atoms with Crippen LogP contribution in [-0.2, 0) is 11.3 Å². The van der Waals surface area contributed by atoms with Gasteiger partial charge in [-0.3, -0.25) is 4.79 Å². The van der Waals surface area contributed by atoms with E-state index in [1.807, 2.05) is 73.7 Å². The second kappa shape index (κ2) is 9.30. The highest BCUT2D eigenvalue weighted by molar-refractivity contribution is 5.89. The molecule has 0 aliphatic rings. The van der Waals surface area contributed by atoms with E-state index in [1.54, 1.807) is 7.11 Å². The van der Waals surface area contributed by atoms with Gasteiger partial charge in [0, 0.05) is 10.9 Å². The zero-order valence-corrected chi connectivity index (χ0v) is 17.4. The first-order chi connectivity index (χ1) is 15.2. The smallest absolute Gasteiger partial charge is 0.261 e. The maximum atomic E-state index is 12.7. The average Bonchev–Trinajstić information content (AvgIpc) is 3.30. The molecule has 0 saturated heterocycles. The lowest BCUT2D eigenvalue weighted by Gasteiger charge is -2.18. The second-order valence-corrected chi connectivity index (χ2v) is 6.95. The van der Waals surface area contributed by atoms with Gasteiger partial charge in [0.05, 0.1) is 13.7 Å². The predicted octanol–water partition coefficient (Wildman–Crippen LogP) is 4.37. The monoisotopic (exact) mass is 417 g/mol. The molecular formula is C24H23N3O4. The fraction of sp³-hybridized carbons (Fsp3) is 0.208. The molecule has 7 heteroatoms. The van der Waals surface area contributed by atoms with Gasteiger partial charge in [0.15, 0.2) is 6.10 Å². The molecule has 1 amide bonds. The van der Waals surface area contributed by atoms with Crippen LogP contribution in [0.4, 0.5) is 0 Å². The third-order valence-electron chi connectivity index (χ3n) is 4.91. The molecule has 0 fully saturated rings. The number of methoxy groups -OCH3 is 1. The summed E-state index contributed by atoms with van der Waals surface area (Å²) in [4.78, 5) is 17.0. The Morgan fingerprint density at radius 1 is 1.06 bits per heavy atom. The van der Waals surface area contributed by atoms with Gasteiger partial charge in [0.2, 0.25) is 11.7 Å².